The number of aryl methyl sites for hydroxylation is 1. The number of fused-ring (bicyclic) bond motifs is 1. The topological polar surface area (TPSA) is 44.9 Å². The van der Waals surface area contributed by atoms with Crippen LogP contribution in [0.2, 0.25) is 0 Å². The number of carbonyl (C=O) groups excluding carboxylic acids is 1. The molecule has 0 bridgehead atoms. The zero-order valence-electron chi connectivity index (χ0n) is 10.6. The molecule has 3 nitrogen and oxygen atoms in total. The number of benzene rings is 1. The van der Waals surface area contributed by atoms with Gasteiger partial charge in [-0.15, -0.1) is 11.3 Å². The summed E-state index contributed by atoms with van der Waals surface area (Å²) < 4.78 is 0. The van der Waals surface area contributed by atoms with Crippen molar-refractivity contribution in [2.75, 3.05) is 0 Å². The summed E-state index contributed by atoms with van der Waals surface area (Å²) in [6, 6.07) is 11.8. The third kappa shape index (κ3) is 2.53. The number of hydrogen-bond donors (Lipinski definition) is 2. The lowest BCUT2D eigenvalue weighted by molar-refractivity contribution is 0.0951. The van der Waals surface area contributed by atoms with Crippen LogP contribution in [0.1, 0.15) is 20.1 Å². The maximum Gasteiger partial charge on any atom is 0.251 e. The maximum atomic E-state index is 12.1. The second-order valence-corrected chi connectivity index (χ2v) is 5.85. The molecular weight excluding hydrogens is 256 g/mol. The summed E-state index contributed by atoms with van der Waals surface area (Å²) in [4.78, 5) is 17.6. The van der Waals surface area contributed by atoms with Gasteiger partial charge in [0.2, 0.25) is 0 Å². The summed E-state index contributed by atoms with van der Waals surface area (Å²) in [5.74, 6) is -0.0393. The monoisotopic (exact) mass is 270 g/mol. The predicted molar refractivity (Wildman–Crippen MR) is 78.5 cm³/mol. The lowest BCUT2D eigenvalue weighted by atomic mass is 10.1. The molecule has 2 heterocycles. The van der Waals surface area contributed by atoms with Gasteiger partial charge in [-0.3, -0.25) is 4.79 Å². The van der Waals surface area contributed by atoms with Crippen molar-refractivity contribution in [3.8, 4) is 0 Å². The fourth-order valence-electron chi connectivity index (χ4n) is 2.04. The molecule has 1 amide bonds. The summed E-state index contributed by atoms with van der Waals surface area (Å²) >= 11 is 1.71. The van der Waals surface area contributed by atoms with Crippen LogP contribution in [0, 0.1) is 6.92 Å². The Balaban J connectivity index is 1.72. The number of rotatable bonds is 3. The van der Waals surface area contributed by atoms with Gasteiger partial charge in [0, 0.05) is 27.0 Å². The first-order chi connectivity index (χ1) is 9.22. The van der Waals surface area contributed by atoms with E-state index in [1.54, 1.807) is 11.3 Å². The van der Waals surface area contributed by atoms with Crippen LogP contribution in [0.3, 0.4) is 0 Å². The molecule has 0 unspecified atom stereocenters. The van der Waals surface area contributed by atoms with Crippen molar-refractivity contribution in [2.24, 2.45) is 0 Å². The van der Waals surface area contributed by atoms with Crippen LogP contribution in [-0.4, -0.2) is 10.9 Å². The van der Waals surface area contributed by atoms with Crippen molar-refractivity contribution in [2.45, 2.75) is 13.5 Å². The standard InChI is InChI=1S/C15H14N2OS/c1-10-2-5-13(19-10)9-17-15(18)12-4-3-11-6-7-16-14(11)8-12/h2-8,16H,9H2,1H3,(H,17,18). The number of amides is 1. The first-order valence-electron chi connectivity index (χ1n) is 6.13. The number of nitrogens with one attached hydrogen (secondary N) is 2. The minimum atomic E-state index is -0.0393. The Labute approximate surface area is 115 Å². The van der Waals surface area contributed by atoms with Gasteiger partial charge in [-0.05, 0) is 42.6 Å². The number of H-pyrrole nitrogens is 1. The summed E-state index contributed by atoms with van der Waals surface area (Å²) in [5.41, 5.74) is 1.67. The Morgan fingerprint density at radius 3 is 2.95 bits per heavy atom. The molecule has 4 heteroatoms. The zero-order chi connectivity index (χ0) is 13.2. The maximum absolute atomic E-state index is 12.1. The third-order valence-electron chi connectivity index (χ3n) is 3.04. The van der Waals surface area contributed by atoms with Gasteiger partial charge >= 0.3 is 0 Å². The highest BCUT2D eigenvalue weighted by atomic mass is 32.1. The van der Waals surface area contributed by atoms with E-state index in [9.17, 15) is 4.79 Å². The highest BCUT2D eigenvalue weighted by molar-refractivity contribution is 7.11. The number of aromatic amines is 1. The van der Waals surface area contributed by atoms with E-state index in [-0.39, 0.29) is 5.91 Å². The fourth-order valence-corrected chi connectivity index (χ4v) is 2.87. The third-order valence-corrected chi connectivity index (χ3v) is 4.04. The largest absolute Gasteiger partial charge is 0.361 e. The van der Waals surface area contributed by atoms with Gasteiger partial charge in [0.25, 0.3) is 5.91 Å². The van der Waals surface area contributed by atoms with Gasteiger partial charge in [-0.25, -0.2) is 0 Å². The zero-order valence-corrected chi connectivity index (χ0v) is 11.4. The molecule has 2 aromatic heterocycles. The van der Waals surface area contributed by atoms with Gasteiger partial charge < -0.3 is 10.3 Å². The van der Waals surface area contributed by atoms with E-state index in [2.05, 4.69) is 29.4 Å². The average molecular weight is 270 g/mol. The summed E-state index contributed by atoms with van der Waals surface area (Å²) in [7, 11) is 0. The van der Waals surface area contributed by atoms with Gasteiger partial charge in [0.15, 0.2) is 0 Å². The molecule has 19 heavy (non-hydrogen) atoms. The molecule has 0 saturated carbocycles. The van der Waals surface area contributed by atoms with E-state index in [4.69, 9.17) is 0 Å². The second kappa shape index (κ2) is 4.90. The first kappa shape index (κ1) is 12.0. The Morgan fingerprint density at radius 2 is 2.16 bits per heavy atom. The highest BCUT2D eigenvalue weighted by Gasteiger charge is 2.07. The van der Waals surface area contributed by atoms with Crippen molar-refractivity contribution in [3.63, 3.8) is 0 Å². The van der Waals surface area contributed by atoms with Crippen LogP contribution in [0.4, 0.5) is 0 Å². The molecule has 0 radical (unpaired) electrons. The van der Waals surface area contributed by atoms with Crippen LogP contribution < -0.4 is 5.32 Å². The van der Waals surface area contributed by atoms with E-state index in [0.717, 1.165) is 10.9 Å². The molecule has 2 N–H and O–H groups in total. The quantitative estimate of drug-likeness (QED) is 0.752. The van der Waals surface area contributed by atoms with E-state index in [1.807, 2.05) is 30.5 Å². The molecule has 0 saturated heterocycles. The van der Waals surface area contributed by atoms with Crippen LogP contribution >= 0.6 is 11.3 Å². The van der Waals surface area contributed by atoms with E-state index in [1.165, 1.54) is 9.75 Å². The fraction of sp³-hybridized carbons (Fsp3) is 0.133. The Kier molecular flexibility index (Phi) is 3.09. The summed E-state index contributed by atoms with van der Waals surface area (Å²) in [5, 5.41) is 4.06. The smallest absolute Gasteiger partial charge is 0.251 e. The van der Waals surface area contributed by atoms with E-state index in [0.29, 0.717) is 12.1 Å². The Bertz CT molecular complexity index is 726. The van der Waals surface area contributed by atoms with Crippen molar-refractivity contribution in [1.29, 1.82) is 0 Å². The lowest BCUT2D eigenvalue weighted by Crippen LogP contribution is -2.22. The Morgan fingerprint density at radius 1 is 1.26 bits per heavy atom. The average Bonchev–Trinajstić information content (AvgIpc) is 3.03. The van der Waals surface area contributed by atoms with Crippen LogP contribution in [0.25, 0.3) is 10.9 Å². The van der Waals surface area contributed by atoms with Gasteiger partial charge in [-0.2, -0.15) is 0 Å². The Hall–Kier alpha value is -2.07. The molecular formula is C15H14N2OS. The number of thiophene rings is 1. The van der Waals surface area contributed by atoms with E-state index < -0.39 is 0 Å². The summed E-state index contributed by atoms with van der Waals surface area (Å²) in [6.45, 7) is 2.65. The molecule has 3 aromatic rings. The molecule has 96 valence electrons. The van der Waals surface area contributed by atoms with Crippen LogP contribution in [0.15, 0.2) is 42.6 Å². The molecule has 0 aliphatic rings. The number of aromatic nitrogens is 1. The molecule has 0 atom stereocenters. The second-order valence-electron chi connectivity index (χ2n) is 4.47. The van der Waals surface area contributed by atoms with Crippen molar-refractivity contribution in [1.82, 2.24) is 10.3 Å². The normalized spacial score (nSPS) is 10.8. The summed E-state index contributed by atoms with van der Waals surface area (Å²) in [6.07, 6.45) is 1.88. The van der Waals surface area contributed by atoms with Crippen LogP contribution in [-0.2, 0) is 6.54 Å². The molecule has 3 rings (SSSR count). The molecule has 0 spiro atoms. The minimum Gasteiger partial charge on any atom is -0.361 e. The minimum absolute atomic E-state index is 0.0393. The SMILES string of the molecule is Cc1ccc(CNC(=O)c2ccc3cc[nH]c3c2)s1. The molecule has 0 aliphatic carbocycles. The first-order valence-corrected chi connectivity index (χ1v) is 6.95. The van der Waals surface area contributed by atoms with Crippen molar-refractivity contribution >= 4 is 28.1 Å². The number of hydrogen-bond acceptors (Lipinski definition) is 2. The van der Waals surface area contributed by atoms with E-state index >= 15 is 0 Å². The lowest BCUT2D eigenvalue weighted by Gasteiger charge is -2.04. The van der Waals surface area contributed by atoms with Gasteiger partial charge in [0.1, 0.15) is 0 Å². The van der Waals surface area contributed by atoms with Crippen LogP contribution in [0.5, 0.6) is 0 Å². The van der Waals surface area contributed by atoms with Gasteiger partial charge in [-0.1, -0.05) is 6.07 Å². The predicted octanol–water partition coefficient (Wildman–Crippen LogP) is 3.47. The molecule has 0 fully saturated rings. The highest BCUT2D eigenvalue weighted by Crippen LogP contribution is 2.16. The number of carbonyl (C=O) groups is 1. The molecule has 1 aromatic carbocycles. The molecule has 0 aliphatic heterocycles. The van der Waals surface area contributed by atoms with Gasteiger partial charge in [0.05, 0.1) is 6.54 Å². The van der Waals surface area contributed by atoms with Crippen molar-refractivity contribution < 1.29 is 4.79 Å². The van der Waals surface area contributed by atoms with Crippen molar-refractivity contribution in [3.05, 3.63) is 57.9 Å².